The van der Waals surface area contributed by atoms with Crippen molar-refractivity contribution in [3.63, 3.8) is 0 Å². The van der Waals surface area contributed by atoms with Gasteiger partial charge in [0.1, 0.15) is 0 Å². The summed E-state index contributed by atoms with van der Waals surface area (Å²) < 4.78 is 1.36. The molecule has 0 aliphatic carbocycles. The molecule has 5 heteroatoms. The second kappa shape index (κ2) is 7.63. The molecule has 0 saturated heterocycles. The standard InChI is InChI=1S/C21H18N4O/c1-15-8-10-17(11-9-15)20-18-6-2-3-7-19(18)21(26)25(24-20)14-16(13-23)5-4-12-22/h2-3,6-11,16H,4-5,14H2,1H3/t16-/m0/s1. The average Bonchev–Trinajstić information content (AvgIpc) is 2.67. The highest BCUT2D eigenvalue weighted by molar-refractivity contribution is 5.93. The summed E-state index contributed by atoms with van der Waals surface area (Å²) in [5, 5.41) is 24.0. The van der Waals surface area contributed by atoms with Crippen LogP contribution in [0.4, 0.5) is 0 Å². The molecule has 0 aliphatic heterocycles. The third-order valence-corrected chi connectivity index (χ3v) is 4.37. The first-order chi connectivity index (χ1) is 12.6. The molecule has 1 atom stereocenters. The zero-order chi connectivity index (χ0) is 18.5. The van der Waals surface area contributed by atoms with Gasteiger partial charge in [0.15, 0.2) is 0 Å². The Morgan fingerprint density at radius 2 is 1.77 bits per heavy atom. The summed E-state index contributed by atoms with van der Waals surface area (Å²) in [7, 11) is 0. The molecule has 0 radical (unpaired) electrons. The van der Waals surface area contributed by atoms with E-state index in [4.69, 9.17) is 5.26 Å². The third kappa shape index (κ3) is 3.48. The molecule has 26 heavy (non-hydrogen) atoms. The van der Waals surface area contributed by atoms with Gasteiger partial charge in [-0.25, -0.2) is 4.68 Å². The van der Waals surface area contributed by atoms with Gasteiger partial charge in [0, 0.05) is 17.4 Å². The van der Waals surface area contributed by atoms with Gasteiger partial charge in [-0.1, -0.05) is 48.0 Å². The van der Waals surface area contributed by atoms with Gasteiger partial charge in [0.05, 0.1) is 35.7 Å². The van der Waals surface area contributed by atoms with Crippen molar-refractivity contribution in [3.05, 3.63) is 64.4 Å². The predicted molar refractivity (Wildman–Crippen MR) is 100 cm³/mol. The SMILES string of the molecule is Cc1ccc(-c2nn(C[C@H](C#N)CCC#N)c(=O)c3ccccc23)cc1. The molecule has 0 N–H and O–H groups in total. The van der Waals surface area contributed by atoms with Crippen molar-refractivity contribution in [2.24, 2.45) is 5.92 Å². The lowest BCUT2D eigenvalue weighted by atomic mass is 10.0. The molecule has 0 unspecified atom stereocenters. The maximum absolute atomic E-state index is 12.8. The zero-order valence-corrected chi connectivity index (χ0v) is 14.5. The van der Waals surface area contributed by atoms with Crippen molar-refractivity contribution < 1.29 is 0 Å². The van der Waals surface area contributed by atoms with Crippen molar-refractivity contribution in [2.45, 2.75) is 26.3 Å². The Kier molecular flexibility index (Phi) is 5.10. The van der Waals surface area contributed by atoms with Gasteiger partial charge < -0.3 is 0 Å². The Hall–Kier alpha value is -3.44. The van der Waals surface area contributed by atoms with Crippen LogP contribution in [0.2, 0.25) is 0 Å². The monoisotopic (exact) mass is 342 g/mol. The molecule has 3 aromatic rings. The highest BCUT2D eigenvalue weighted by atomic mass is 16.1. The second-order valence-corrected chi connectivity index (χ2v) is 6.27. The van der Waals surface area contributed by atoms with Crippen LogP contribution >= 0.6 is 0 Å². The summed E-state index contributed by atoms with van der Waals surface area (Å²) in [6.45, 7) is 2.20. The molecule has 5 nitrogen and oxygen atoms in total. The molecule has 1 heterocycles. The molecule has 0 bridgehead atoms. The number of benzene rings is 2. The number of hydrogen-bond acceptors (Lipinski definition) is 4. The largest absolute Gasteiger partial charge is 0.274 e. The summed E-state index contributed by atoms with van der Waals surface area (Å²) in [6.07, 6.45) is 0.708. The van der Waals surface area contributed by atoms with E-state index in [0.29, 0.717) is 11.8 Å². The third-order valence-electron chi connectivity index (χ3n) is 4.37. The Labute approximate surface area is 151 Å². The molecule has 0 aliphatic rings. The minimum Gasteiger partial charge on any atom is -0.267 e. The molecule has 128 valence electrons. The highest BCUT2D eigenvalue weighted by Gasteiger charge is 2.15. The minimum atomic E-state index is -0.424. The number of aromatic nitrogens is 2. The van der Waals surface area contributed by atoms with Crippen molar-refractivity contribution in [3.8, 4) is 23.4 Å². The fourth-order valence-corrected chi connectivity index (χ4v) is 2.93. The topological polar surface area (TPSA) is 82.5 Å². The molecule has 2 aromatic carbocycles. The van der Waals surface area contributed by atoms with Gasteiger partial charge >= 0.3 is 0 Å². The average molecular weight is 342 g/mol. The second-order valence-electron chi connectivity index (χ2n) is 6.27. The maximum Gasteiger partial charge on any atom is 0.274 e. The molecule has 0 fully saturated rings. The minimum absolute atomic E-state index is 0.181. The van der Waals surface area contributed by atoms with Crippen molar-refractivity contribution in [1.29, 1.82) is 10.5 Å². The molecular formula is C21H18N4O. The van der Waals surface area contributed by atoms with E-state index < -0.39 is 5.92 Å². The fraction of sp³-hybridized carbons (Fsp3) is 0.238. The summed E-state index contributed by atoms with van der Waals surface area (Å²) in [4.78, 5) is 12.8. The molecule has 3 rings (SSSR count). The maximum atomic E-state index is 12.8. The van der Waals surface area contributed by atoms with Crippen LogP contribution in [0.15, 0.2) is 53.3 Å². The van der Waals surface area contributed by atoms with Gasteiger partial charge in [-0.15, -0.1) is 0 Å². The van der Waals surface area contributed by atoms with E-state index >= 15 is 0 Å². The molecular weight excluding hydrogens is 324 g/mol. The summed E-state index contributed by atoms with van der Waals surface area (Å²) in [5.74, 6) is -0.424. The number of fused-ring (bicyclic) bond motifs is 1. The van der Waals surface area contributed by atoms with Gasteiger partial charge in [-0.3, -0.25) is 4.79 Å². The lowest BCUT2D eigenvalue weighted by Crippen LogP contribution is -2.27. The normalized spacial score (nSPS) is 11.7. The van der Waals surface area contributed by atoms with E-state index in [0.717, 1.165) is 22.2 Å². The van der Waals surface area contributed by atoms with Gasteiger partial charge in [0.2, 0.25) is 0 Å². The van der Waals surface area contributed by atoms with Crippen LogP contribution < -0.4 is 5.56 Å². The first-order valence-electron chi connectivity index (χ1n) is 8.47. The molecule has 0 amide bonds. The smallest absolute Gasteiger partial charge is 0.267 e. The quantitative estimate of drug-likeness (QED) is 0.706. The van der Waals surface area contributed by atoms with Crippen LogP contribution in [-0.4, -0.2) is 9.78 Å². The van der Waals surface area contributed by atoms with E-state index in [2.05, 4.69) is 11.2 Å². The summed E-state index contributed by atoms with van der Waals surface area (Å²) in [5.41, 5.74) is 2.57. The Morgan fingerprint density at radius 1 is 1.08 bits per heavy atom. The highest BCUT2D eigenvalue weighted by Crippen LogP contribution is 2.25. The number of rotatable bonds is 5. The lowest BCUT2D eigenvalue weighted by molar-refractivity contribution is 0.463. The van der Waals surface area contributed by atoms with E-state index in [1.165, 1.54) is 4.68 Å². The number of nitriles is 2. The summed E-state index contributed by atoms with van der Waals surface area (Å²) in [6, 6.07) is 19.6. The zero-order valence-electron chi connectivity index (χ0n) is 14.5. The van der Waals surface area contributed by atoms with Crippen molar-refractivity contribution >= 4 is 10.8 Å². The number of hydrogen-bond donors (Lipinski definition) is 0. The van der Waals surface area contributed by atoms with Crippen molar-refractivity contribution in [2.75, 3.05) is 0 Å². The van der Waals surface area contributed by atoms with Crippen LogP contribution in [0, 0.1) is 35.5 Å². The predicted octanol–water partition coefficient (Wildman–Crippen LogP) is 3.82. The van der Waals surface area contributed by atoms with E-state index in [1.807, 2.05) is 55.5 Å². The van der Waals surface area contributed by atoms with Gasteiger partial charge in [-0.05, 0) is 19.4 Å². The molecule has 1 aromatic heterocycles. The lowest BCUT2D eigenvalue weighted by Gasteiger charge is -2.13. The first-order valence-corrected chi connectivity index (χ1v) is 8.47. The van der Waals surface area contributed by atoms with Crippen LogP contribution in [0.1, 0.15) is 18.4 Å². The van der Waals surface area contributed by atoms with E-state index in [1.54, 1.807) is 6.07 Å². The summed E-state index contributed by atoms with van der Waals surface area (Å²) >= 11 is 0. The molecule has 0 saturated carbocycles. The molecule has 0 spiro atoms. The van der Waals surface area contributed by atoms with Crippen LogP contribution in [0.25, 0.3) is 22.0 Å². The first kappa shape index (κ1) is 17.4. The number of aryl methyl sites for hydroxylation is 1. The van der Waals surface area contributed by atoms with Gasteiger partial charge in [0.25, 0.3) is 5.56 Å². The van der Waals surface area contributed by atoms with Crippen molar-refractivity contribution in [1.82, 2.24) is 9.78 Å². The Balaban J connectivity index is 2.14. The Morgan fingerprint density at radius 3 is 2.42 bits per heavy atom. The van der Waals surface area contributed by atoms with E-state index in [-0.39, 0.29) is 18.5 Å². The van der Waals surface area contributed by atoms with E-state index in [9.17, 15) is 10.1 Å². The fourth-order valence-electron chi connectivity index (χ4n) is 2.93. The van der Waals surface area contributed by atoms with Crippen LogP contribution in [0.3, 0.4) is 0 Å². The Bertz CT molecular complexity index is 1070. The van der Waals surface area contributed by atoms with Crippen LogP contribution in [-0.2, 0) is 6.54 Å². The number of nitrogens with zero attached hydrogens (tertiary/aromatic N) is 4. The van der Waals surface area contributed by atoms with Crippen LogP contribution in [0.5, 0.6) is 0 Å². The van der Waals surface area contributed by atoms with Gasteiger partial charge in [-0.2, -0.15) is 15.6 Å².